The molecule has 22 heavy (non-hydrogen) atoms. The summed E-state index contributed by atoms with van der Waals surface area (Å²) in [5.41, 5.74) is 8.27. The fourth-order valence-corrected chi connectivity index (χ4v) is 2.20. The summed E-state index contributed by atoms with van der Waals surface area (Å²) in [6.45, 7) is 3.57. The van der Waals surface area contributed by atoms with Gasteiger partial charge in [0, 0.05) is 12.7 Å². The van der Waals surface area contributed by atoms with E-state index in [4.69, 9.17) is 5.73 Å². The molecule has 0 saturated heterocycles. The molecule has 0 aliphatic rings. The van der Waals surface area contributed by atoms with Gasteiger partial charge in [0.25, 0.3) is 0 Å². The van der Waals surface area contributed by atoms with Crippen LogP contribution in [0.25, 0.3) is 11.2 Å². The van der Waals surface area contributed by atoms with Gasteiger partial charge in [0.1, 0.15) is 5.52 Å². The standard InChI is InChI=1S/C15H19N7/c1-2-3-7-18-15-20-13(16)12-14(21-15)22(10-19-12)9-11-6-4-5-8-17-11/h4-6,8,10H,2-3,7,9H2,1H3,(H3,16,18,20,21). The van der Waals surface area contributed by atoms with E-state index in [0.29, 0.717) is 23.8 Å². The zero-order chi connectivity index (χ0) is 15.4. The van der Waals surface area contributed by atoms with Crippen LogP contribution in [0.3, 0.4) is 0 Å². The minimum Gasteiger partial charge on any atom is -0.382 e. The summed E-state index contributed by atoms with van der Waals surface area (Å²) >= 11 is 0. The van der Waals surface area contributed by atoms with E-state index < -0.39 is 0 Å². The van der Waals surface area contributed by atoms with E-state index >= 15 is 0 Å². The van der Waals surface area contributed by atoms with Gasteiger partial charge in [0.2, 0.25) is 5.95 Å². The van der Waals surface area contributed by atoms with Crippen LogP contribution < -0.4 is 11.1 Å². The molecule has 0 fully saturated rings. The second-order valence-electron chi connectivity index (χ2n) is 5.08. The summed E-state index contributed by atoms with van der Waals surface area (Å²) in [7, 11) is 0. The van der Waals surface area contributed by atoms with Gasteiger partial charge in [0.15, 0.2) is 11.5 Å². The lowest BCUT2D eigenvalue weighted by Crippen LogP contribution is -2.08. The maximum atomic E-state index is 5.99. The minimum atomic E-state index is 0.392. The maximum Gasteiger partial charge on any atom is 0.226 e. The number of nitrogens with zero attached hydrogens (tertiary/aromatic N) is 5. The monoisotopic (exact) mass is 297 g/mol. The predicted molar refractivity (Wildman–Crippen MR) is 86.5 cm³/mol. The Morgan fingerprint density at radius 1 is 1.23 bits per heavy atom. The first kappa shape index (κ1) is 14.2. The number of rotatable bonds is 6. The third-order valence-electron chi connectivity index (χ3n) is 3.36. The first-order valence-electron chi connectivity index (χ1n) is 7.40. The summed E-state index contributed by atoms with van der Waals surface area (Å²) in [5, 5.41) is 3.20. The average molecular weight is 297 g/mol. The lowest BCUT2D eigenvalue weighted by Gasteiger charge is -2.07. The van der Waals surface area contributed by atoms with Crippen LogP contribution >= 0.6 is 0 Å². The van der Waals surface area contributed by atoms with Gasteiger partial charge < -0.3 is 15.6 Å². The first-order valence-corrected chi connectivity index (χ1v) is 7.40. The van der Waals surface area contributed by atoms with Crippen LogP contribution in [0.15, 0.2) is 30.7 Å². The van der Waals surface area contributed by atoms with Gasteiger partial charge in [-0.15, -0.1) is 0 Å². The minimum absolute atomic E-state index is 0.392. The number of hydrogen-bond acceptors (Lipinski definition) is 6. The van der Waals surface area contributed by atoms with Gasteiger partial charge in [-0.3, -0.25) is 4.98 Å². The Bertz CT molecular complexity index is 751. The van der Waals surface area contributed by atoms with Crippen molar-refractivity contribution in [3.63, 3.8) is 0 Å². The molecule has 0 spiro atoms. The molecule has 3 aromatic heterocycles. The van der Waals surface area contributed by atoms with Crippen molar-refractivity contribution in [1.29, 1.82) is 0 Å². The zero-order valence-electron chi connectivity index (χ0n) is 12.5. The maximum absolute atomic E-state index is 5.99. The molecule has 7 heteroatoms. The van der Waals surface area contributed by atoms with Crippen LogP contribution in [0, 0.1) is 0 Å². The third kappa shape index (κ3) is 2.98. The molecule has 0 aliphatic carbocycles. The van der Waals surface area contributed by atoms with Crippen LogP contribution in [-0.4, -0.2) is 31.0 Å². The number of anilines is 2. The summed E-state index contributed by atoms with van der Waals surface area (Å²) in [6.07, 6.45) is 5.67. The van der Waals surface area contributed by atoms with E-state index in [2.05, 4.69) is 32.2 Å². The van der Waals surface area contributed by atoms with E-state index in [1.807, 2.05) is 22.8 Å². The SMILES string of the molecule is CCCCNc1nc(N)c2ncn(Cc3ccccn3)c2n1. The summed E-state index contributed by atoms with van der Waals surface area (Å²) < 4.78 is 1.93. The first-order chi connectivity index (χ1) is 10.8. The van der Waals surface area contributed by atoms with Crippen LogP contribution in [0.1, 0.15) is 25.5 Å². The molecular formula is C15H19N7. The second-order valence-corrected chi connectivity index (χ2v) is 5.08. The normalized spacial score (nSPS) is 11.0. The topological polar surface area (TPSA) is 94.5 Å². The van der Waals surface area contributed by atoms with Gasteiger partial charge in [-0.25, -0.2) is 4.98 Å². The van der Waals surface area contributed by atoms with Gasteiger partial charge in [0.05, 0.1) is 18.6 Å². The van der Waals surface area contributed by atoms with Crippen molar-refractivity contribution in [2.45, 2.75) is 26.3 Å². The van der Waals surface area contributed by atoms with Crippen molar-refractivity contribution in [3.05, 3.63) is 36.4 Å². The van der Waals surface area contributed by atoms with E-state index in [-0.39, 0.29) is 0 Å². The van der Waals surface area contributed by atoms with Gasteiger partial charge in [-0.05, 0) is 18.6 Å². The number of fused-ring (bicyclic) bond motifs is 1. The molecule has 3 heterocycles. The van der Waals surface area contributed by atoms with Crippen molar-refractivity contribution in [2.75, 3.05) is 17.6 Å². The van der Waals surface area contributed by atoms with Crippen molar-refractivity contribution < 1.29 is 0 Å². The molecule has 0 unspecified atom stereocenters. The van der Waals surface area contributed by atoms with E-state index in [9.17, 15) is 0 Å². The van der Waals surface area contributed by atoms with Crippen molar-refractivity contribution in [3.8, 4) is 0 Å². The number of imidazole rings is 1. The highest BCUT2D eigenvalue weighted by Crippen LogP contribution is 2.18. The molecule has 0 saturated carbocycles. The number of nitrogens with one attached hydrogen (secondary N) is 1. The second kappa shape index (κ2) is 6.38. The van der Waals surface area contributed by atoms with Gasteiger partial charge >= 0.3 is 0 Å². The molecule has 3 N–H and O–H groups in total. The predicted octanol–water partition coefficient (Wildman–Crippen LogP) is 2.06. The highest BCUT2D eigenvalue weighted by Gasteiger charge is 2.11. The summed E-state index contributed by atoms with van der Waals surface area (Å²) in [6, 6.07) is 5.82. The molecular weight excluding hydrogens is 278 g/mol. The van der Waals surface area contributed by atoms with Gasteiger partial charge in [-0.2, -0.15) is 9.97 Å². The Labute approximate surface area is 128 Å². The van der Waals surface area contributed by atoms with Crippen molar-refractivity contribution in [2.24, 2.45) is 0 Å². The van der Waals surface area contributed by atoms with Crippen LogP contribution in [0.4, 0.5) is 11.8 Å². The van der Waals surface area contributed by atoms with Crippen LogP contribution in [0.2, 0.25) is 0 Å². The molecule has 114 valence electrons. The quantitative estimate of drug-likeness (QED) is 0.676. The molecule has 7 nitrogen and oxygen atoms in total. The van der Waals surface area contributed by atoms with Crippen molar-refractivity contribution in [1.82, 2.24) is 24.5 Å². The molecule has 0 aromatic carbocycles. The molecule has 0 aliphatic heterocycles. The number of aromatic nitrogens is 5. The Kier molecular flexibility index (Phi) is 4.13. The smallest absolute Gasteiger partial charge is 0.226 e. The molecule has 0 atom stereocenters. The summed E-state index contributed by atoms with van der Waals surface area (Å²) in [5.74, 6) is 0.935. The fraction of sp³-hybridized carbons (Fsp3) is 0.333. The van der Waals surface area contributed by atoms with E-state index in [0.717, 1.165) is 30.7 Å². The van der Waals surface area contributed by atoms with Gasteiger partial charge in [-0.1, -0.05) is 19.4 Å². The van der Waals surface area contributed by atoms with E-state index in [1.165, 1.54) is 0 Å². The Hall–Kier alpha value is -2.70. The molecule has 3 rings (SSSR count). The Morgan fingerprint density at radius 3 is 2.91 bits per heavy atom. The van der Waals surface area contributed by atoms with Crippen LogP contribution in [0.5, 0.6) is 0 Å². The Morgan fingerprint density at radius 2 is 2.14 bits per heavy atom. The molecule has 3 aromatic rings. The lowest BCUT2D eigenvalue weighted by atomic mass is 10.3. The highest BCUT2D eigenvalue weighted by atomic mass is 15.2. The number of nitrogen functional groups attached to an aromatic ring is 1. The highest BCUT2D eigenvalue weighted by molar-refractivity contribution is 5.82. The Balaban J connectivity index is 1.90. The lowest BCUT2D eigenvalue weighted by molar-refractivity contribution is 0.786. The number of pyridine rings is 1. The van der Waals surface area contributed by atoms with Crippen molar-refractivity contribution >= 4 is 22.9 Å². The average Bonchev–Trinajstić information content (AvgIpc) is 2.92. The fourth-order valence-electron chi connectivity index (χ4n) is 2.20. The number of nitrogens with two attached hydrogens (primary N) is 1. The third-order valence-corrected chi connectivity index (χ3v) is 3.36. The number of unbranched alkanes of at least 4 members (excludes halogenated alkanes) is 1. The molecule has 0 radical (unpaired) electrons. The largest absolute Gasteiger partial charge is 0.382 e. The summed E-state index contributed by atoms with van der Waals surface area (Å²) in [4.78, 5) is 17.4. The van der Waals surface area contributed by atoms with E-state index in [1.54, 1.807) is 12.5 Å². The number of hydrogen-bond donors (Lipinski definition) is 2. The molecule has 0 amide bonds. The molecule has 0 bridgehead atoms. The zero-order valence-corrected chi connectivity index (χ0v) is 12.5. The van der Waals surface area contributed by atoms with Crippen LogP contribution in [-0.2, 0) is 6.54 Å².